The summed E-state index contributed by atoms with van der Waals surface area (Å²) in [5, 5.41) is 2.97. The first-order valence-electron chi connectivity index (χ1n) is 8.84. The maximum Gasteiger partial charge on any atom is 0.251 e. The molecule has 2 aromatic carbocycles. The Morgan fingerprint density at radius 2 is 1.83 bits per heavy atom. The van der Waals surface area contributed by atoms with Crippen LogP contribution in [0.2, 0.25) is 0 Å². The van der Waals surface area contributed by atoms with Crippen LogP contribution >= 0.6 is 0 Å². The van der Waals surface area contributed by atoms with E-state index in [-0.39, 0.29) is 5.91 Å². The molecule has 0 radical (unpaired) electrons. The number of carbonyl (C=O) groups excluding carboxylic acids is 1. The Labute approximate surface area is 144 Å². The molecular formula is C21H26N2O. The Balaban J connectivity index is 1.52. The van der Waals surface area contributed by atoms with Gasteiger partial charge < -0.3 is 5.32 Å². The Kier molecular flexibility index (Phi) is 5.65. The smallest absolute Gasteiger partial charge is 0.251 e. The zero-order valence-electron chi connectivity index (χ0n) is 14.4. The van der Waals surface area contributed by atoms with E-state index in [1.807, 2.05) is 42.5 Å². The van der Waals surface area contributed by atoms with Crippen LogP contribution in [-0.4, -0.2) is 23.9 Å². The number of nitrogens with one attached hydrogen (secondary N) is 1. The van der Waals surface area contributed by atoms with Crippen molar-refractivity contribution in [1.82, 2.24) is 10.2 Å². The van der Waals surface area contributed by atoms with Crippen LogP contribution in [0.3, 0.4) is 0 Å². The fourth-order valence-electron chi connectivity index (χ4n) is 3.33. The van der Waals surface area contributed by atoms with Gasteiger partial charge in [-0.15, -0.1) is 0 Å². The first-order chi connectivity index (χ1) is 11.7. The van der Waals surface area contributed by atoms with Crippen LogP contribution in [0.1, 0.15) is 41.3 Å². The molecule has 1 fully saturated rings. The molecule has 1 aliphatic heterocycles. The maximum absolute atomic E-state index is 12.2. The number of nitrogens with zero attached hydrogens (tertiary/aromatic N) is 1. The lowest BCUT2D eigenvalue weighted by Gasteiger charge is -2.30. The van der Waals surface area contributed by atoms with Crippen LogP contribution in [0.5, 0.6) is 0 Å². The van der Waals surface area contributed by atoms with E-state index in [0.717, 1.165) is 23.6 Å². The first kappa shape index (κ1) is 16.7. The van der Waals surface area contributed by atoms with Crippen LogP contribution in [0.4, 0.5) is 0 Å². The van der Waals surface area contributed by atoms with Gasteiger partial charge in [0.1, 0.15) is 0 Å². The highest BCUT2D eigenvalue weighted by Crippen LogP contribution is 2.18. The average molecular weight is 322 g/mol. The predicted octanol–water partition coefficient (Wildman–Crippen LogP) is 3.85. The quantitative estimate of drug-likeness (QED) is 0.907. The highest BCUT2D eigenvalue weighted by Gasteiger charge is 2.16. The number of likely N-dealkylation sites (tertiary alicyclic amines) is 1. The van der Waals surface area contributed by atoms with Crippen molar-refractivity contribution < 1.29 is 4.79 Å². The Morgan fingerprint density at radius 1 is 1.08 bits per heavy atom. The summed E-state index contributed by atoms with van der Waals surface area (Å²) in [7, 11) is 0. The van der Waals surface area contributed by atoms with Gasteiger partial charge in [0.2, 0.25) is 0 Å². The molecule has 1 unspecified atom stereocenters. The molecule has 1 atom stereocenters. The summed E-state index contributed by atoms with van der Waals surface area (Å²) in [6.45, 7) is 6.23. The standard InChI is InChI=1S/C21H26N2O/c1-17-6-5-13-23(15-17)16-19-9-11-20(12-10-19)21(24)22-14-18-7-3-2-4-8-18/h2-4,7-12,17H,5-6,13-16H2,1H3,(H,22,24). The van der Waals surface area contributed by atoms with E-state index in [1.54, 1.807) is 0 Å². The van der Waals surface area contributed by atoms with E-state index in [0.29, 0.717) is 6.54 Å². The molecule has 1 saturated heterocycles. The summed E-state index contributed by atoms with van der Waals surface area (Å²) < 4.78 is 0. The zero-order valence-corrected chi connectivity index (χ0v) is 14.4. The maximum atomic E-state index is 12.2. The van der Waals surface area contributed by atoms with Gasteiger partial charge in [-0.2, -0.15) is 0 Å². The molecule has 0 aromatic heterocycles. The highest BCUT2D eigenvalue weighted by atomic mass is 16.1. The zero-order chi connectivity index (χ0) is 16.8. The summed E-state index contributed by atoms with van der Waals surface area (Å²) in [5.74, 6) is 0.777. The minimum Gasteiger partial charge on any atom is -0.348 e. The lowest BCUT2D eigenvalue weighted by atomic mass is 9.99. The highest BCUT2D eigenvalue weighted by molar-refractivity contribution is 5.94. The summed E-state index contributed by atoms with van der Waals surface area (Å²) in [5.41, 5.74) is 3.12. The molecule has 0 aliphatic carbocycles. The van der Waals surface area contributed by atoms with Gasteiger partial charge in [-0.3, -0.25) is 9.69 Å². The van der Waals surface area contributed by atoms with Gasteiger partial charge in [0.25, 0.3) is 5.91 Å². The third kappa shape index (κ3) is 4.68. The molecule has 1 N–H and O–H groups in total. The Hall–Kier alpha value is -2.13. The van der Waals surface area contributed by atoms with E-state index in [1.165, 1.54) is 31.5 Å². The fourth-order valence-corrected chi connectivity index (χ4v) is 3.33. The minimum atomic E-state index is -0.0167. The predicted molar refractivity (Wildman–Crippen MR) is 97.7 cm³/mol. The number of carbonyl (C=O) groups is 1. The summed E-state index contributed by atoms with van der Waals surface area (Å²) >= 11 is 0. The van der Waals surface area contributed by atoms with Gasteiger partial charge in [0, 0.05) is 25.2 Å². The van der Waals surface area contributed by atoms with E-state index in [2.05, 4.69) is 29.3 Å². The van der Waals surface area contributed by atoms with Crippen molar-refractivity contribution in [3.8, 4) is 0 Å². The Bertz CT molecular complexity index is 651. The topological polar surface area (TPSA) is 32.3 Å². The molecule has 0 bridgehead atoms. The van der Waals surface area contributed by atoms with Crippen LogP contribution in [0, 0.1) is 5.92 Å². The molecule has 0 saturated carbocycles. The van der Waals surface area contributed by atoms with Crippen molar-refractivity contribution in [1.29, 1.82) is 0 Å². The summed E-state index contributed by atoms with van der Waals surface area (Å²) in [6.07, 6.45) is 2.64. The lowest BCUT2D eigenvalue weighted by molar-refractivity contribution is 0.0951. The van der Waals surface area contributed by atoms with E-state index in [4.69, 9.17) is 0 Å². The molecule has 1 heterocycles. The van der Waals surface area contributed by atoms with Crippen molar-refractivity contribution in [2.45, 2.75) is 32.9 Å². The third-order valence-corrected chi connectivity index (χ3v) is 4.66. The number of amides is 1. The molecular weight excluding hydrogens is 296 g/mol. The Morgan fingerprint density at radius 3 is 2.54 bits per heavy atom. The minimum absolute atomic E-state index is 0.0167. The van der Waals surface area contributed by atoms with E-state index < -0.39 is 0 Å². The largest absolute Gasteiger partial charge is 0.348 e. The van der Waals surface area contributed by atoms with Gasteiger partial charge in [-0.25, -0.2) is 0 Å². The normalized spacial score (nSPS) is 18.3. The number of hydrogen-bond acceptors (Lipinski definition) is 2. The average Bonchev–Trinajstić information content (AvgIpc) is 2.61. The summed E-state index contributed by atoms with van der Waals surface area (Å²) in [4.78, 5) is 14.8. The van der Waals surface area contributed by atoms with E-state index in [9.17, 15) is 4.79 Å². The van der Waals surface area contributed by atoms with Crippen molar-refractivity contribution in [2.24, 2.45) is 5.92 Å². The third-order valence-electron chi connectivity index (χ3n) is 4.66. The molecule has 0 spiro atoms. The lowest BCUT2D eigenvalue weighted by Crippen LogP contribution is -2.33. The second-order valence-corrected chi connectivity index (χ2v) is 6.85. The second kappa shape index (κ2) is 8.11. The summed E-state index contributed by atoms with van der Waals surface area (Å²) in [6, 6.07) is 18.0. The molecule has 24 heavy (non-hydrogen) atoms. The van der Waals surface area contributed by atoms with Crippen molar-refractivity contribution >= 4 is 5.91 Å². The van der Waals surface area contributed by atoms with Crippen LogP contribution in [0.25, 0.3) is 0 Å². The molecule has 1 aliphatic rings. The SMILES string of the molecule is CC1CCCN(Cc2ccc(C(=O)NCc3ccccc3)cc2)C1. The van der Waals surface area contributed by atoms with Crippen molar-refractivity contribution in [3.05, 3.63) is 71.3 Å². The van der Waals surface area contributed by atoms with Crippen LogP contribution < -0.4 is 5.32 Å². The molecule has 2 aromatic rings. The second-order valence-electron chi connectivity index (χ2n) is 6.85. The van der Waals surface area contributed by atoms with Gasteiger partial charge >= 0.3 is 0 Å². The number of piperidine rings is 1. The van der Waals surface area contributed by atoms with Gasteiger partial charge in [-0.1, -0.05) is 49.4 Å². The van der Waals surface area contributed by atoms with Gasteiger partial charge in [0.05, 0.1) is 0 Å². The number of hydrogen-bond donors (Lipinski definition) is 1. The van der Waals surface area contributed by atoms with Gasteiger partial charge in [0.15, 0.2) is 0 Å². The monoisotopic (exact) mass is 322 g/mol. The number of benzene rings is 2. The number of rotatable bonds is 5. The van der Waals surface area contributed by atoms with Crippen LogP contribution in [0.15, 0.2) is 54.6 Å². The molecule has 1 amide bonds. The fraction of sp³-hybridized carbons (Fsp3) is 0.381. The first-order valence-corrected chi connectivity index (χ1v) is 8.84. The molecule has 3 rings (SSSR count). The van der Waals surface area contributed by atoms with Gasteiger partial charge in [-0.05, 0) is 48.6 Å². The molecule has 3 heteroatoms. The molecule has 3 nitrogen and oxygen atoms in total. The molecule has 126 valence electrons. The van der Waals surface area contributed by atoms with E-state index >= 15 is 0 Å². The van der Waals surface area contributed by atoms with Crippen molar-refractivity contribution in [2.75, 3.05) is 13.1 Å². The van der Waals surface area contributed by atoms with Crippen molar-refractivity contribution in [3.63, 3.8) is 0 Å². The van der Waals surface area contributed by atoms with Crippen LogP contribution in [-0.2, 0) is 13.1 Å².